The predicted octanol–water partition coefficient (Wildman–Crippen LogP) is 8.29. The first kappa shape index (κ1) is 29.6. The number of hydrogen-bond donors (Lipinski definition) is 0. The molecule has 6 rings (SSSR count). The highest BCUT2D eigenvalue weighted by Crippen LogP contribution is 2.33. The van der Waals surface area contributed by atoms with E-state index in [1.807, 2.05) is 0 Å². The second kappa shape index (κ2) is 13.7. The molecule has 0 saturated heterocycles. The number of hydrogen-bond acceptors (Lipinski definition) is 3. The van der Waals surface area contributed by atoms with Gasteiger partial charge in [0.05, 0.1) is 0 Å². The SMILES string of the molecule is C.C[C@@H]1CCN(C)c2ccccc21.C[C@@H]1CCN(C)c2ccccc2C1.C[C@H]1Cc2ccccc2N(C)C1. The van der Waals surface area contributed by atoms with Crippen LogP contribution in [0.2, 0.25) is 0 Å². The van der Waals surface area contributed by atoms with Crippen LogP contribution in [-0.4, -0.2) is 40.8 Å². The molecule has 0 spiro atoms. The summed E-state index contributed by atoms with van der Waals surface area (Å²) in [4.78, 5) is 7.07. The molecule has 0 saturated carbocycles. The van der Waals surface area contributed by atoms with Crippen molar-refractivity contribution >= 4 is 17.1 Å². The molecule has 206 valence electrons. The lowest BCUT2D eigenvalue weighted by molar-refractivity contribution is 0.547. The van der Waals surface area contributed by atoms with E-state index in [1.54, 1.807) is 0 Å². The summed E-state index contributed by atoms with van der Waals surface area (Å²) in [6, 6.07) is 26.2. The molecular weight excluding hydrogens is 462 g/mol. The van der Waals surface area contributed by atoms with E-state index >= 15 is 0 Å². The van der Waals surface area contributed by atoms with Crippen molar-refractivity contribution in [3.05, 3.63) is 89.5 Å². The number of nitrogens with zero attached hydrogens (tertiary/aromatic N) is 3. The molecule has 0 bridgehead atoms. The maximum atomic E-state index is 2.37. The first-order chi connectivity index (χ1) is 17.8. The molecule has 3 atom stereocenters. The molecule has 3 aromatic rings. The summed E-state index contributed by atoms with van der Waals surface area (Å²) in [5.74, 6) is 2.35. The summed E-state index contributed by atoms with van der Waals surface area (Å²) >= 11 is 0. The van der Waals surface area contributed by atoms with Gasteiger partial charge in [-0.3, -0.25) is 0 Å². The average molecular weight is 514 g/mol. The van der Waals surface area contributed by atoms with Gasteiger partial charge in [0.2, 0.25) is 0 Å². The smallest absolute Gasteiger partial charge is 0.0398 e. The number of anilines is 3. The van der Waals surface area contributed by atoms with E-state index in [-0.39, 0.29) is 7.43 Å². The van der Waals surface area contributed by atoms with E-state index in [1.165, 1.54) is 79.1 Å². The molecule has 0 amide bonds. The second-order valence-corrected chi connectivity index (χ2v) is 11.6. The van der Waals surface area contributed by atoms with Gasteiger partial charge < -0.3 is 14.7 Å². The molecule has 0 fully saturated rings. The molecule has 3 heteroatoms. The molecule has 0 N–H and O–H groups in total. The third kappa shape index (κ3) is 7.34. The highest BCUT2D eigenvalue weighted by atomic mass is 15.1. The third-order valence-corrected chi connectivity index (χ3v) is 8.26. The molecule has 3 aliphatic heterocycles. The van der Waals surface area contributed by atoms with Crippen molar-refractivity contribution in [3.8, 4) is 0 Å². The lowest BCUT2D eigenvalue weighted by atomic mass is 9.92. The molecule has 0 unspecified atom stereocenters. The van der Waals surface area contributed by atoms with E-state index < -0.39 is 0 Å². The van der Waals surface area contributed by atoms with Crippen molar-refractivity contribution < 1.29 is 0 Å². The largest absolute Gasteiger partial charge is 0.374 e. The van der Waals surface area contributed by atoms with Gasteiger partial charge in [-0.2, -0.15) is 0 Å². The van der Waals surface area contributed by atoms with Gasteiger partial charge in [-0.25, -0.2) is 0 Å². The zero-order valence-corrected chi connectivity index (χ0v) is 24.0. The van der Waals surface area contributed by atoms with Crippen molar-refractivity contribution in [2.45, 2.75) is 59.8 Å². The molecule has 3 heterocycles. The Labute approximate surface area is 233 Å². The molecule has 0 aromatic heterocycles. The van der Waals surface area contributed by atoms with Gasteiger partial charge in [0.15, 0.2) is 0 Å². The summed E-state index contributed by atoms with van der Waals surface area (Å²) < 4.78 is 0. The summed E-state index contributed by atoms with van der Waals surface area (Å²) in [5.41, 5.74) is 8.76. The van der Waals surface area contributed by atoms with Gasteiger partial charge in [0.1, 0.15) is 0 Å². The summed E-state index contributed by atoms with van der Waals surface area (Å²) in [7, 11) is 6.54. The predicted molar refractivity (Wildman–Crippen MR) is 169 cm³/mol. The zero-order chi connectivity index (χ0) is 26.4. The fraction of sp³-hybridized carbons (Fsp3) is 0.486. The van der Waals surface area contributed by atoms with Crippen LogP contribution in [0.15, 0.2) is 72.8 Å². The van der Waals surface area contributed by atoms with E-state index in [9.17, 15) is 0 Å². The van der Waals surface area contributed by atoms with Crippen LogP contribution in [0, 0.1) is 11.8 Å². The van der Waals surface area contributed by atoms with Gasteiger partial charge in [-0.15, -0.1) is 0 Å². The van der Waals surface area contributed by atoms with Gasteiger partial charge in [-0.1, -0.05) is 82.8 Å². The molecule has 3 aliphatic rings. The minimum absolute atomic E-state index is 0. The Hall–Kier alpha value is -2.94. The second-order valence-electron chi connectivity index (χ2n) is 11.6. The quantitative estimate of drug-likeness (QED) is 0.299. The Kier molecular flexibility index (Phi) is 10.7. The highest BCUT2D eigenvalue weighted by molar-refractivity contribution is 5.57. The first-order valence-corrected chi connectivity index (χ1v) is 14.2. The Morgan fingerprint density at radius 3 is 1.66 bits per heavy atom. The van der Waals surface area contributed by atoms with Crippen LogP contribution in [0.1, 0.15) is 63.6 Å². The fourth-order valence-corrected chi connectivity index (χ4v) is 6.04. The van der Waals surface area contributed by atoms with Crippen molar-refractivity contribution in [1.82, 2.24) is 0 Å². The maximum absolute atomic E-state index is 2.37. The van der Waals surface area contributed by atoms with Crippen LogP contribution >= 0.6 is 0 Å². The highest BCUT2D eigenvalue weighted by Gasteiger charge is 2.19. The van der Waals surface area contributed by atoms with E-state index in [0.717, 1.165) is 17.8 Å². The van der Waals surface area contributed by atoms with Crippen molar-refractivity contribution in [2.75, 3.05) is 55.5 Å². The molecule has 0 aliphatic carbocycles. The number of rotatable bonds is 0. The normalized spacial score (nSPS) is 21.6. The van der Waals surface area contributed by atoms with Crippen molar-refractivity contribution in [1.29, 1.82) is 0 Å². The van der Waals surface area contributed by atoms with Gasteiger partial charge >= 0.3 is 0 Å². The standard InChI is InChI=1S/C12H17N.2C11H15N.CH4/c1-10-7-8-13(2)12-6-4-3-5-11(12)9-10;1-9-7-10-5-3-4-6-11(10)12(2)8-9;1-9-7-8-12(2)11-6-4-3-5-10(9)11;/h3-6,10H,7-9H2,1-2H3;2*3-6,9H,7-8H2,1-2H3;1H4/t10-;2*9-;/m101./s1. The number of benzene rings is 3. The average Bonchev–Trinajstić information content (AvgIpc) is 3.05. The maximum Gasteiger partial charge on any atom is 0.0398 e. The van der Waals surface area contributed by atoms with E-state index in [0.29, 0.717) is 0 Å². The summed E-state index contributed by atoms with van der Waals surface area (Å²) in [5, 5.41) is 0. The van der Waals surface area contributed by atoms with E-state index in [2.05, 4.69) is 129 Å². The molecule has 0 radical (unpaired) electrons. The minimum atomic E-state index is 0. The monoisotopic (exact) mass is 513 g/mol. The summed E-state index contributed by atoms with van der Waals surface area (Å²) in [6.07, 6.45) is 5.07. The fourth-order valence-electron chi connectivity index (χ4n) is 6.04. The lowest BCUT2D eigenvalue weighted by Crippen LogP contribution is -2.30. The van der Waals surface area contributed by atoms with Crippen LogP contribution in [0.5, 0.6) is 0 Å². The Balaban J connectivity index is 0.000000156. The third-order valence-electron chi connectivity index (χ3n) is 8.26. The number of para-hydroxylation sites is 3. The van der Waals surface area contributed by atoms with Crippen LogP contribution in [0.4, 0.5) is 17.1 Å². The van der Waals surface area contributed by atoms with Crippen molar-refractivity contribution in [2.24, 2.45) is 11.8 Å². The van der Waals surface area contributed by atoms with Gasteiger partial charge in [-0.05, 0) is 78.3 Å². The Morgan fingerprint density at radius 2 is 1.03 bits per heavy atom. The summed E-state index contributed by atoms with van der Waals surface area (Å²) in [6.45, 7) is 10.5. The Bertz CT molecular complexity index is 1110. The molecule has 3 nitrogen and oxygen atoms in total. The molecule has 3 aromatic carbocycles. The lowest BCUT2D eigenvalue weighted by Gasteiger charge is -2.31. The topological polar surface area (TPSA) is 9.72 Å². The van der Waals surface area contributed by atoms with Gasteiger partial charge in [0.25, 0.3) is 0 Å². The molecule has 38 heavy (non-hydrogen) atoms. The molecular formula is C35H51N3. The van der Waals surface area contributed by atoms with Crippen LogP contribution < -0.4 is 14.7 Å². The van der Waals surface area contributed by atoms with Crippen molar-refractivity contribution in [3.63, 3.8) is 0 Å². The Morgan fingerprint density at radius 1 is 0.553 bits per heavy atom. The van der Waals surface area contributed by atoms with E-state index in [4.69, 9.17) is 0 Å². The zero-order valence-electron chi connectivity index (χ0n) is 24.0. The van der Waals surface area contributed by atoms with Gasteiger partial charge in [0, 0.05) is 57.8 Å². The minimum Gasteiger partial charge on any atom is -0.374 e. The van der Waals surface area contributed by atoms with Crippen LogP contribution in [-0.2, 0) is 12.8 Å². The first-order valence-electron chi connectivity index (χ1n) is 14.2. The van der Waals surface area contributed by atoms with Crippen LogP contribution in [0.25, 0.3) is 0 Å². The number of fused-ring (bicyclic) bond motifs is 3. The van der Waals surface area contributed by atoms with Crippen LogP contribution in [0.3, 0.4) is 0 Å².